The smallest absolute Gasteiger partial charge is 0.315 e. The maximum atomic E-state index is 12.6. The van der Waals surface area contributed by atoms with Gasteiger partial charge in [0, 0.05) is 19.1 Å². The van der Waals surface area contributed by atoms with Crippen LogP contribution in [-0.4, -0.2) is 43.3 Å². The number of likely N-dealkylation sites (tertiary alicyclic amines) is 1. The second-order valence-corrected chi connectivity index (χ2v) is 4.93. The molecular formula is C12H23F3N2. The van der Waals surface area contributed by atoms with Gasteiger partial charge in [-0.25, -0.2) is 0 Å². The summed E-state index contributed by atoms with van der Waals surface area (Å²) in [4.78, 5) is 1.96. The molecule has 0 spiro atoms. The zero-order valence-corrected chi connectivity index (χ0v) is 10.7. The minimum Gasteiger partial charge on any atom is -0.315 e. The largest absolute Gasteiger partial charge is 0.393 e. The summed E-state index contributed by atoms with van der Waals surface area (Å²) in [6.45, 7) is 6.75. The summed E-state index contributed by atoms with van der Waals surface area (Å²) in [6, 6.07) is 0.187. The highest BCUT2D eigenvalue weighted by Crippen LogP contribution is 2.33. The lowest BCUT2D eigenvalue weighted by atomic mass is 9.96. The highest BCUT2D eigenvalue weighted by atomic mass is 19.4. The summed E-state index contributed by atoms with van der Waals surface area (Å²) in [5.74, 6) is -1.13. The van der Waals surface area contributed by atoms with Gasteiger partial charge in [0.05, 0.1) is 5.92 Å². The molecule has 0 saturated carbocycles. The van der Waals surface area contributed by atoms with Crippen molar-refractivity contribution in [1.29, 1.82) is 0 Å². The van der Waals surface area contributed by atoms with Crippen molar-refractivity contribution in [1.82, 2.24) is 10.2 Å². The van der Waals surface area contributed by atoms with E-state index in [0.29, 0.717) is 6.42 Å². The van der Waals surface area contributed by atoms with Crippen molar-refractivity contribution < 1.29 is 13.2 Å². The second-order valence-electron chi connectivity index (χ2n) is 4.93. The van der Waals surface area contributed by atoms with Crippen molar-refractivity contribution in [2.24, 2.45) is 5.92 Å². The zero-order chi connectivity index (χ0) is 12.9. The van der Waals surface area contributed by atoms with Crippen molar-refractivity contribution in [2.75, 3.05) is 26.2 Å². The molecule has 1 aliphatic rings. The third kappa shape index (κ3) is 4.84. The van der Waals surface area contributed by atoms with E-state index in [1.807, 2.05) is 11.8 Å². The fourth-order valence-corrected chi connectivity index (χ4v) is 2.29. The molecule has 1 N–H and O–H groups in total. The number of nitrogens with zero attached hydrogens (tertiary/aromatic N) is 1. The molecule has 0 aliphatic carbocycles. The van der Waals surface area contributed by atoms with E-state index in [0.717, 1.165) is 26.1 Å². The molecule has 5 heteroatoms. The minimum absolute atomic E-state index is 0.165. The topological polar surface area (TPSA) is 15.3 Å². The molecule has 2 atom stereocenters. The first kappa shape index (κ1) is 14.8. The van der Waals surface area contributed by atoms with Gasteiger partial charge in [0.15, 0.2) is 0 Å². The van der Waals surface area contributed by atoms with E-state index >= 15 is 0 Å². The molecule has 102 valence electrons. The Kier molecular flexibility index (Phi) is 5.73. The molecule has 1 aliphatic heterocycles. The molecule has 2 nitrogen and oxygen atoms in total. The number of piperidine rings is 1. The van der Waals surface area contributed by atoms with Gasteiger partial charge in [-0.3, -0.25) is 4.90 Å². The third-order valence-electron chi connectivity index (χ3n) is 3.41. The summed E-state index contributed by atoms with van der Waals surface area (Å²) in [5.41, 5.74) is 0. The normalized spacial score (nSPS) is 24.9. The Morgan fingerprint density at radius 1 is 1.41 bits per heavy atom. The molecule has 1 saturated heterocycles. The van der Waals surface area contributed by atoms with Crippen LogP contribution >= 0.6 is 0 Å². The van der Waals surface area contributed by atoms with Crippen molar-refractivity contribution in [2.45, 2.75) is 45.3 Å². The Labute approximate surface area is 102 Å². The number of nitrogens with one attached hydrogen (secondary N) is 1. The number of hydrogen-bond donors (Lipinski definition) is 1. The lowest BCUT2D eigenvalue weighted by Gasteiger charge is -2.37. The van der Waals surface area contributed by atoms with E-state index in [9.17, 15) is 13.2 Å². The van der Waals surface area contributed by atoms with Crippen molar-refractivity contribution in [3.05, 3.63) is 0 Å². The third-order valence-corrected chi connectivity index (χ3v) is 3.41. The second kappa shape index (κ2) is 6.59. The van der Waals surface area contributed by atoms with Gasteiger partial charge in [0.25, 0.3) is 0 Å². The highest BCUT2D eigenvalue weighted by molar-refractivity contribution is 4.81. The first-order valence-corrected chi connectivity index (χ1v) is 6.46. The van der Waals surface area contributed by atoms with Crippen LogP contribution in [0.5, 0.6) is 0 Å². The van der Waals surface area contributed by atoms with Crippen molar-refractivity contribution in [3.8, 4) is 0 Å². The van der Waals surface area contributed by atoms with Gasteiger partial charge in [-0.15, -0.1) is 0 Å². The maximum absolute atomic E-state index is 12.6. The van der Waals surface area contributed by atoms with Crippen molar-refractivity contribution >= 4 is 0 Å². The Balaban J connectivity index is 2.38. The molecule has 0 aromatic rings. The SMILES string of the molecule is CCCNCC(C)N1CCCC(C(F)(F)F)C1. The van der Waals surface area contributed by atoms with Gasteiger partial charge in [0.1, 0.15) is 0 Å². The van der Waals surface area contributed by atoms with E-state index in [1.165, 1.54) is 0 Å². The molecule has 1 heterocycles. The number of rotatable bonds is 5. The lowest BCUT2D eigenvalue weighted by molar-refractivity contribution is -0.188. The quantitative estimate of drug-likeness (QED) is 0.757. The predicted octanol–water partition coefficient (Wildman–Crippen LogP) is 2.65. The molecule has 17 heavy (non-hydrogen) atoms. The number of halogens is 3. The van der Waals surface area contributed by atoms with E-state index in [-0.39, 0.29) is 19.0 Å². The van der Waals surface area contributed by atoms with Gasteiger partial charge >= 0.3 is 6.18 Å². The summed E-state index contributed by atoms with van der Waals surface area (Å²) < 4.78 is 37.9. The molecule has 0 aromatic carbocycles. The summed E-state index contributed by atoms with van der Waals surface area (Å²) in [5, 5.41) is 3.26. The van der Waals surface area contributed by atoms with Gasteiger partial charge in [-0.05, 0) is 39.3 Å². The number of alkyl halides is 3. The molecular weight excluding hydrogens is 229 g/mol. The highest BCUT2D eigenvalue weighted by Gasteiger charge is 2.42. The zero-order valence-electron chi connectivity index (χ0n) is 10.7. The average Bonchev–Trinajstić information content (AvgIpc) is 2.28. The fourth-order valence-electron chi connectivity index (χ4n) is 2.29. The Morgan fingerprint density at radius 3 is 2.71 bits per heavy atom. The predicted molar refractivity (Wildman–Crippen MR) is 63.0 cm³/mol. The summed E-state index contributed by atoms with van der Waals surface area (Å²) in [7, 11) is 0. The van der Waals surface area contributed by atoms with Crippen LogP contribution in [0, 0.1) is 5.92 Å². The van der Waals surface area contributed by atoms with Crippen LogP contribution in [0.25, 0.3) is 0 Å². The number of hydrogen-bond acceptors (Lipinski definition) is 2. The van der Waals surface area contributed by atoms with Crippen LogP contribution in [0.2, 0.25) is 0 Å². The lowest BCUT2D eigenvalue weighted by Crippen LogP contribution is -2.48. The first-order chi connectivity index (χ1) is 7.95. The Bertz CT molecular complexity index is 218. The van der Waals surface area contributed by atoms with Crippen LogP contribution in [0.15, 0.2) is 0 Å². The Hall–Kier alpha value is -0.290. The van der Waals surface area contributed by atoms with E-state index < -0.39 is 12.1 Å². The van der Waals surface area contributed by atoms with Gasteiger partial charge in [0.2, 0.25) is 0 Å². The molecule has 0 radical (unpaired) electrons. The Morgan fingerprint density at radius 2 is 2.12 bits per heavy atom. The monoisotopic (exact) mass is 252 g/mol. The first-order valence-electron chi connectivity index (χ1n) is 6.46. The molecule has 1 fully saturated rings. The molecule has 1 rings (SSSR count). The maximum Gasteiger partial charge on any atom is 0.393 e. The van der Waals surface area contributed by atoms with Crippen LogP contribution in [0.3, 0.4) is 0 Å². The molecule has 2 unspecified atom stereocenters. The molecule has 0 aromatic heterocycles. The van der Waals surface area contributed by atoms with E-state index in [2.05, 4.69) is 12.2 Å². The van der Waals surface area contributed by atoms with Crippen LogP contribution < -0.4 is 5.32 Å². The van der Waals surface area contributed by atoms with Gasteiger partial charge in [-0.2, -0.15) is 13.2 Å². The van der Waals surface area contributed by atoms with Crippen LogP contribution in [0.4, 0.5) is 13.2 Å². The fraction of sp³-hybridized carbons (Fsp3) is 1.00. The summed E-state index contributed by atoms with van der Waals surface area (Å²) in [6.07, 6.45) is -2.04. The molecule has 0 bridgehead atoms. The van der Waals surface area contributed by atoms with Crippen LogP contribution in [-0.2, 0) is 0 Å². The van der Waals surface area contributed by atoms with Crippen LogP contribution in [0.1, 0.15) is 33.1 Å². The average molecular weight is 252 g/mol. The van der Waals surface area contributed by atoms with Crippen molar-refractivity contribution in [3.63, 3.8) is 0 Å². The minimum atomic E-state index is -4.03. The van der Waals surface area contributed by atoms with E-state index in [4.69, 9.17) is 0 Å². The van der Waals surface area contributed by atoms with E-state index in [1.54, 1.807) is 0 Å². The summed E-state index contributed by atoms with van der Waals surface area (Å²) >= 11 is 0. The van der Waals surface area contributed by atoms with Gasteiger partial charge in [-0.1, -0.05) is 6.92 Å². The standard InChI is InChI=1S/C12H23F3N2/c1-3-6-16-8-10(2)17-7-4-5-11(9-17)12(13,14)15/h10-11,16H,3-9H2,1-2H3. The molecule has 0 amide bonds. The van der Waals surface area contributed by atoms with Gasteiger partial charge < -0.3 is 5.32 Å².